The molecule has 1 atom stereocenters. The van der Waals surface area contributed by atoms with Crippen molar-refractivity contribution in [2.24, 2.45) is 0 Å². The summed E-state index contributed by atoms with van der Waals surface area (Å²) in [5.74, 6) is 0.0877. The van der Waals surface area contributed by atoms with Crippen LogP contribution in [0.4, 0.5) is 0 Å². The smallest absolute Gasteiger partial charge is 0.290 e. The van der Waals surface area contributed by atoms with E-state index >= 15 is 0 Å². The predicted molar refractivity (Wildman–Crippen MR) is 86.8 cm³/mol. The van der Waals surface area contributed by atoms with Gasteiger partial charge in [-0.15, -0.1) is 0 Å². The molecule has 6 nitrogen and oxygen atoms in total. The molecular weight excluding hydrogens is 296 g/mol. The van der Waals surface area contributed by atoms with Crippen molar-refractivity contribution < 1.29 is 19.5 Å². The van der Waals surface area contributed by atoms with Crippen molar-refractivity contribution in [2.45, 2.75) is 39.8 Å². The molecule has 1 heterocycles. The minimum Gasteiger partial charge on any atom is -0.483 e. The summed E-state index contributed by atoms with van der Waals surface area (Å²) in [5.41, 5.74) is 2.25. The maximum absolute atomic E-state index is 12.2. The Bertz CT molecular complexity index is 542. The average Bonchev–Trinajstić information content (AvgIpc) is 2.52. The molecule has 2 rings (SSSR count). The molecule has 1 aromatic carbocycles. The highest BCUT2D eigenvalue weighted by atomic mass is 16.3. The lowest BCUT2D eigenvalue weighted by molar-refractivity contribution is -0.155. The third-order valence-electron chi connectivity index (χ3n) is 3.75. The zero-order valence-electron chi connectivity index (χ0n) is 13.9. The highest BCUT2D eigenvalue weighted by Gasteiger charge is 2.35. The molecule has 126 valence electrons. The lowest BCUT2D eigenvalue weighted by Crippen LogP contribution is -2.58. The van der Waals surface area contributed by atoms with Crippen molar-refractivity contribution in [1.29, 1.82) is 0 Å². The van der Waals surface area contributed by atoms with E-state index in [0.717, 1.165) is 12.0 Å². The first-order chi connectivity index (χ1) is 10.9. The van der Waals surface area contributed by atoms with Crippen LogP contribution < -0.4 is 0 Å². The third kappa shape index (κ3) is 5.09. The largest absolute Gasteiger partial charge is 0.483 e. The van der Waals surface area contributed by atoms with Crippen molar-refractivity contribution in [1.82, 2.24) is 9.80 Å². The summed E-state index contributed by atoms with van der Waals surface area (Å²) in [5, 5.41) is 6.89. The van der Waals surface area contributed by atoms with Gasteiger partial charge in [0.15, 0.2) is 0 Å². The van der Waals surface area contributed by atoms with E-state index in [1.165, 1.54) is 5.56 Å². The second kappa shape index (κ2) is 8.92. The van der Waals surface area contributed by atoms with Gasteiger partial charge < -0.3 is 14.9 Å². The number of piperazine rings is 1. The van der Waals surface area contributed by atoms with Gasteiger partial charge in [0.2, 0.25) is 11.8 Å². The zero-order chi connectivity index (χ0) is 17.4. The first-order valence-corrected chi connectivity index (χ1v) is 7.66. The molecular formula is C17H24N2O4. The summed E-state index contributed by atoms with van der Waals surface area (Å²) < 4.78 is 0. The maximum Gasteiger partial charge on any atom is 0.290 e. The summed E-state index contributed by atoms with van der Waals surface area (Å²) in [7, 11) is 0. The van der Waals surface area contributed by atoms with Crippen molar-refractivity contribution in [3.8, 4) is 0 Å². The van der Waals surface area contributed by atoms with E-state index < -0.39 is 0 Å². The number of aryl methyl sites for hydroxylation is 1. The van der Waals surface area contributed by atoms with Crippen LogP contribution in [0, 0.1) is 6.92 Å². The number of amides is 2. The second-order valence-electron chi connectivity index (χ2n) is 5.55. The molecule has 0 saturated carbocycles. The van der Waals surface area contributed by atoms with Gasteiger partial charge in [0.25, 0.3) is 6.47 Å². The Morgan fingerprint density at radius 1 is 1.26 bits per heavy atom. The number of hydrogen-bond acceptors (Lipinski definition) is 3. The molecule has 1 aliphatic heterocycles. The first-order valence-electron chi connectivity index (χ1n) is 7.66. The summed E-state index contributed by atoms with van der Waals surface area (Å²) in [6.07, 6.45) is 0.879. The number of rotatable bonds is 4. The van der Waals surface area contributed by atoms with E-state index in [-0.39, 0.29) is 30.9 Å². The maximum atomic E-state index is 12.2. The van der Waals surface area contributed by atoms with Gasteiger partial charge >= 0.3 is 0 Å². The highest BCUT2D eigenvalue weighted by molar-refractivity contribution is 5.94. The SMILES string of the molecule is CCCN1CC(=O)N(Cc2ccc(C)cc2)[C@H](C)C1=O.O=CO. The Hall–Kier alpha value is -2.37. The molecule has 0 bridgehead atoms. The Morgan fingerprint density at radius 3 is 2.35 bits per heavy atom. The fourth-order valence-corrected chi connectivity index (χ4v) is 2.52. The summed E-state index contributed by atoms with van der Waals surface area (Å²) in [6.45, 7) is 6.99. The summed E-state index contributed by atoms with van der Waals surface area (Å²) in [4.78, 5) is 36.2. The van der Waals surface area contributed by atoms with Crippen LogP contribution >= 0.6 is 0 Å². The van der Waals surface area contributed by atoms with Crippen molar-refractivity contribution in [2.75, 3.05) is 13.1 Å². The van der Waals surface area contributed by atoms with Gasteiger partial charge in [-0.3, -0.25) is 14.4 Å². The standard InChI is InChI=1S/C16H22N2O2.CH2O2/c1-4-9-17-11-15(19)18(13(3)16(17)20)10-14-7-5-12(2)6-8-14;2-1-3/h5-8,13H,4,9-11H2,1-3H3;1H,(H,2,3)/t13-;/m1./s1. The molecule has 0 unspecified atom stereocenters. The van der Waals surface area contributed by atoms with Gasteiger partial charge in [0.1, 0.15) is 6.04 Å². The summed E-state index contributed by atoms with van der Waals surface area (Å²) >= 11 is 0. The molecule has 1 aromatic rings. The molecule has 2 amide bonds. The van der Waals surface area contributed by atoms with E-state index in [1.807, 2.05) is 45.0 Å². The molecule has 0 aromatic heterocycles. The number of carbonyl (C=O) groups excluding carboxylic acids is 2. The quantitative estimate of drug-likeness (QED) is 0.856. The van der Waals surface area contributed by atoms with Crippen LogP contribution in [0.5, 0.6) is 0 Å². The highest BCUT2D eigenvalue weighted by Crippen LogP contribution is 2.16. The fourth-order valence-electron chi connectivity index (χ4n) is 2.52. The summed E-state index contributed by atoms with van der Waals surface area (Å²) in [6, 6.07) is 7.71. The molecule has 1 N–H and O–H groups in total. The number of nitrogens with zero attached hydrogens (tertiary/aromatic N) is 2. The normalized spacial score (nSPS) is 17.6. The number of carbonyl (C=O) groups is 3. The zero-order valence-corrected chi connectivity index (χ0v) is 13.9. The van der Waals surface area contributed by atoms with Crippen LogP contribution in [0.15, 0.2) is 24.3 Å². The molecule has 1 aliphatic rings. The molecule has 0 spiro atoms. The predicted octanol–water partition coefficient (Wildman–Crippen LogP) is 1.67. The van der Waals surface area contributed by atoms with Crippen molar-refractivity contribution in [3.63, 3.8) is 0 Å². The lowest BCUT2D eigenvalue weighted by Gasteiger charge is -2.38. The Morgan fingerprint density at radius 2 is 1.83 bits per heavy atom. The van der Waals surface area contributed by atoms with Crippen LogP contribution in [0.25, 0.3) is 0 Å². The minimum absolute atomic E-state index is 0.0334. The molecule has 6 heteroatoms. The van der Waals surface area contributed by atoms with Crippen LogP contribution in [0.3, 0.4) is 0 Å². The van der Waals surface area contributed by atoms with Gasteiger partial charge in [0, 0.05) is 13.1 Å². The first kappa shape index (κ1) is 18.7. The average molecular weight is 320 g/mol. The van der Waals surface area contributed by atoms with Gasteiger partial charge in [-0.2, -0.15) is 0 Å². The van der Waals surface area contributed by atoms with E-state index in [0.29, 0.717) is 13.1 Å². The molecule has 1 fully saturated rings. The number of hydrogen-bond donors (Lipinski definition) is 1. The molecule has 0 radical (unpaired) electrons. The van der Waals surface area contributed by atoms with Gasteiger partial charge in [-0.25, -0.2) is 0 Å². The van der Waals surface area contributed by atoms with Crippen LogP contribution in [0.2, 0.25) is 0 Å². The van der Waals surface area contributed by atoms with Crippen LogP contribution in [-0.4, -0.2) is 52.3 Å². The number of carboxylic acid groups (broad SMARTS) is 1. The molecule has 0 aliphatic carbocycles. The Balaban J connectivity index is 0.000000816. The van der Waals surface area contributed by atoms with Crippen molar-refractivity contribution >= 4 is 18.3 Å². The minimum atomic E-state index is -0.371. The van der Waals surface area contributed by atoms with E-state index in [2.05, 4.69) is 0 Å². The van der Waals surface area contributed by atoms with E-state index in [9.17, 15) is 9.59 Å². The van der Waals surface area contributed by atoms with Crippen molar-refractivity contribution in [3.05, 3.63) is 35.4 Å². The van der Waals surface area contributed by atoms with Gasteiger partial charge in [-0.05, 0) is 25.8 Å². The Labute approximate surface area is 136 Å². The van der Waals surface area contributed by atoms with Crippen LogP contribution in [0.1, 0.15) is 31.4 Å². The topological polar surface area (TPSA) is 77.9 Å². The fraction of sp³-hybridized carbons (Fsp3) is 0.471. The third-order valence-corrected chi connectivity index (χ3v) is 3.75. The monoisotopic (exact) mass is 320 g/mol. The number of benzene rings is 1. The van der Waals surface area contributed by atoms with Gasteiger partial charge in [0.05, 0.1) is 6.54 Å². The van der Waals surface area contributed by atoms with Crippen LogP contribution in [-0.2, 0) is 20.9 Å². The molecule has 23 heavy (non-hydrogen) atoms. The van der Waals surface area contributed by atoms with Gasteiger partial charge in [-0.1, -0.05) is 36.8 Å². The molecule has 1 saturated heterocycles. The van der Waals surface area contributed by atoms with E-state index in [1.54, 1.807) is 9.80 Å². The Kier molecular flexibility index (Phi) is 7.25. The second-order valence-corrected chi connectivity index (χ2v) is 5.55. The lowest BCUT2D eigenvalue weighted by atomic mass is 10.1. The van der Waals surface area contributed by atoms with E-state index in [4.69, 9.17) is 9.90 Å².